The van der Waals surface area contributed by atoms with Crippen molar-refractivity contribution in [2.24, 2.45) is 5.10 Å². The summed E-state index contributed by atoms with van der Waals surface area (Å²) in [4.78, 5) is 14.9. The Balaban J connectivity index is 1.72. The minimum Gasteiger partial charge on any atom is -0.361 e. The SMILES string of the molecule is O=C(NN=Cc1c[nH]c2ccccc12)c1ccc(F)cc1. The molecule has 1 heterocycles. The first kappa shape index (κ1) is 13.1. The summed E-state index contributed by atoms with van der Waals surface area (Å²) in [6.07, 6.45) is 3.39. The molecule has 0 aliphatic carbocycles. The fraction of sp³-hybridized carbons (Fsp3) is 0. The van der Waals surface area contributed by atoms with E-state index in [4.69, 9.17) is 0 Å². The Hall–Kier alpha value is -2.95. The van der Waals surface area contributed by atoms with E-state index in [9.17, 15) is 9.18 Å². The molecule has 0 aliphatic heterocycles. The van der Waals surface area contributed by atoms with Crippen LogP contribution in [0.5, 0.6) is 0 Å². The number of hydrogen-bond donors (Lipinski definition) is 2. The quantitative estimate of drug-likeness (QED) is 0.562. The van der Waals surface area contributed by atoms with Gasteiger partial charge in [0.25, 0.3) is 5.91 Å². The second-order valence-corrected chi connectivity index (χ2v) is 4.50. The number of benzene rings is 2. The Kier molecular flexibility index (Phi) is 3.47. The average molecular weight is 281 g/mol. The van der Waals surface area contributed by atoms with Crippen molar-refractivity contribution in [3.05, 3.63) is 71.7 Å². The van der Waals surface area contributed by atoms with Crippen LogP contribution >= 0.6 is 0 Å². The van der Waals surface area contributed by atoms with E-state index >= 15 is 0 Å². The Labute approximate surface area is 120 Å². The van der Waals surface area contributed by atoms with Crippen LogP contribution in [0, 0.1) is 5.82 Å². The highest BCUT2D eigenvalue weighted by molar-refractivity contribution is 6.00. The van der Waals surface area contributed by atoms with Gasteiger partial charge < -0.3 is 4.98 Å². The van der Waals surface area contributed by atoms with Crippen molar-refractivity contribution in [3.63, 3.8) is 0 Å². The largest absolute Gasteiger partial charge is 0.361 e. The number of carbonyl (C=O) groups is 1. The van der Waals surface area contributed by atoms with E-state index in [1.165, 1.54) is 24.3 Å². The number of aromatic amines is 1. The van der Waals surface area contributed by atoms with Crippen molar-refractivity contribution in [2.45, 2.75) is 0 Å². The van der Waals surface area contributed by atoms with Crippen LogP contribution < -0.4 is 5.43 Å². The van der Waals surface area contributed by atoms with E-state index in [-0.39, 0.29) is 11.7 Å². The van der Waals surface area contributed by atoms with Gasteiger partial charge in [-0.3, -0.25) is 4.79 Å². The standard InChI is InChI=1S/C16H12FN3O/c17-13-7-5-11(6-8-13)16(21)20-19-10-12-9-18-15-4-2-1-3-14(12)15/h1-10,18H,(H,20,21). The molecule has 21 heavy (non-hydrogen) atoms. The van der Waals surface area contributed by atoms with Gasteiger partial charge in [0, 0.05) is 28.2 Å². The van der Waals surface area contributed by atoms with Gasteiger partial charge in [-0.05, 0) is 30.3 Å². The van der Waals surface area contributed by atoms with Crippen LogP contribution in [-0.2, 0) is 0 Å². The van der Waals surface area contributed by atoms with E-state index in [2.05, 4.69) is 15.5 Å². The molecule has 2 N–H and O–H groups in total. The molecule has 0 bridgehead atoms. The van der Waals surface area contributed by atoms with Gasteiger partial charge in [-0.25, -0.2) is 9.82 Å². The lowest BCUT2D eigenvalue weighted by Gasteiger charge is -1.99. The summed E-state index contributed by atoms with van der Waals surface area (Å²) in [6, 6.07) is 13.1. The Morgan fingerprint density at radius 2 is 1.90 bits per heavy atom. The van der Waals surface area contributed by atoms with Crippen LogP contribution in [0.15, 0.2) is 59.8 Å². The summed E-state index contributed by atoms with van der Waals surface area (Å²) >= 11 is 0. The Morgan fingerprint density at radius 1 is 1.14 bits per heavy atom. The van der Waals surface area contributed by atoms with Gasteiger partial charge in [0.2, 0.25) is 0 Å². The maximum Gasteiger partial charge on any atom is 0.271 e. The maximum atomic E-state index is 12.8. The number of para-hydroxylation sites is 1. The predicted molar refractivity (Wildman–Crippen MR) is 79.8 cm³/mol. The van der Waals surface area contributed by atoms with Crippen LogP contribution in [0.3, 0.4) is 0 Å². The number of halogens is 1. The van der Waals surface area contributed by atoms with Gasteiger partial charge in [0.1, 0.15) is 5.82 Å². The second-order valence-electron chi connectivity index (χ2n) is 4.50. The van der Waals surface area contributed by atoms with Gasteiger partial charge in [-0.15, -0.1) is 0 Å². The predicted octanol–water partition coefficient (Wildman–Crippen LogP) is 3.07. The summed E-state index contributed by atoms with van der Waals surface area (Å²) in [5.74, 6) is -0.764. The molecule has 0 saturated carbocycles. The summed E-state index contributed by atoms with van der Waals surface area (Å²) < 4.78 is 12.8. The summed E-state index contributed by atoms with van der Waals surface area (Å²) in [6.45, 7) is 0. The first-order valence-electron chi connectivity index (χ1n) is 6.39. The zero-order valence-corrected chi connectivity index (χ0v) is 11.0. The molecule has 0 atom stereocenters. The number of rotatable bonds is 3. The molecule has 3 aromatic rings. The Morgan fingerprint density at radius 3 is 2.71 bits per heavy atom. The average Bonchev–Trinajstić information content (AvgIpc) is 2.91. The minimum absolute atomic E-state index is 0.354. The molecule has 0 radical (unpaired) electrons. The van der Waals surface area contributed by atoms with E-state index in [0.717, 1.165) is 16.5 Å². The molecule has 4 nitrogen and oxygen atoms in total. The molecule has 104 valence electrons. The van der Waals surface area contributed by atoms with Gasteiger partial charge in [0.05, 0.1) is 6.21 Å². The van der Waals surface area contributed by atoms with E-state index < -0.39 is 0 Å². The number of nitrogens with one attached hydrogen (secondary N) is 2. The number of fused-ring (bicyclic) bond motifs is 1. The van der Waals surface area contributed by atoms with Crippen molar-refractivity contribution < 1.29 is 9.18 Å². The second kappa shape index (κ2) is 5.58. The molecule has 0 fully saturated rings. The summed E-state index contributed by atoms with van der Waals surface area (Å²) in [5.41, 5.74) is 4.65. The van der Waals surface area contributed by atoms with Crippen molar-refractivity contribution in [1.82, 2.24) is 10.4 Å². The van der Waals surface area contributed by atoms with Crippen molar-refractivity contribution >= 4 is 23.0 Å². The molecule has 1 amide bonds. The van der Waals surface area contributed by atoms with Crippen molar-refractivity contribution in [2.75, 3.05) is 0 Å². The third-order valence-electron chi connectivity index (χ3n) is 3.10. The normalized spacial score (nSPS) is 11.1. The fourth-order valence-corrected chi connectivity index (χ4v) is 2.03. The molecule has 1 aromatic heterocycles. The number of aromatic nitrogens is 1. The van der Waals surface area contributed by atoms with Gasteiger partial charge in [-0.2, -0.15) is 5.10 Å². The molecule has 0 spiro atoms. The monoisotopic (exact) mass is 281 g/mol. The van der Waals surface area contributed by atoms with E-state index in [1.807, 2.05) is 30.5 Å². The molecule has 0 unspecified atom stereocenters. The van der Waals surface area contributed by atoms with E-state index in [1.54, 1.807) is 6.21 Å². The summed E-state index contributed by atoms with van der Waals surface area (Å²) in [5, 5.41) is 4.95. The first-order chi connectivity index (χ1) is 10.2. The van der Waals surface area contributed by atoms with Crippen LogP contribution in [0.25, 0.3) is 10.9 Å². The number of hydrogen-bond acceptors (Lipinski definition) is 2. The molecular weight excluding hydrogens is 269 g/mol. The number of H-pyrrole nitrogens is 1. The molecule has 3 rings (SSSR count). The van der Waals surface area contributed by atoms with Crippen LogP contribution in [0.4, 0.5) is 4.39 Å². The highest BCUT2D eigenvalue weighted by atomic mass is 19.1. The zero-order chi connectivity index (χ0) is 14.7. The Bertz CT molecular complexity index is 806. The zero-order valence-electron chi connectivity index (χ0n) is 11.0. The highest BCUT2D eigenvalue weighted by Crippen LogP contribution is 2.15. The fourth-order valence-electron chi connectivity index (χ4n) is 2.03. The number of nitrogens with zero attached hydrogens (tertiary/aromatic N) is 1. The lowest BCUT2D eigenvalue weighted by Crippen LogP contribution is -2.17. The third kappa shape index (κ3) is 2.81. The molecule has 2 aromatic carbocycles. The topological polar surface area (TPSA) is 57.2 Å². The van der Waals surface area contributed by atoms with E-state index in [0.29, 0.717) is 5.56 Å². The molecule has 0 aliphatic rings. The van der Waals surface area contributed by atoms with Gasteiger partial charge in [0.15, 0.2) is 0 Å². The molecule has 5 heteroatoms. The number of carbonyl (C=O) groups excluding carboxylic acids is 1. The maximum absolute atomic E-state index is 12.8. The summed E-state index contributed by atoms with van der Waals surface area (Å²) in [7, 11) is 0. The van der Waals surface area contributed by atoms with Crippen LogP contribution in [-0.4, -0.2) is 17.1 Å². The smallest absolute Gasteiger partial charge is 0.271 e. The third-order valence-corrected chi connectivity index (χ3v) is 3.10. The van der Waals surface area contributed by atoms with Crippen LogP contribution in [0.2, 0.25) is 0 Å². The van der Waals surface area contributed by atoms with Gasteiger partial charge >= 0.3 is 0 Å². The highest BCUT2D eigenvalue weighted by Gasteiger charge is 2.04. The van der Waals surface area contributed by atoms with Crippen LogP contribution in [0.1, 0.15) is 15.9 Å². The van der Waals surface area contributed by atoms with Gasteiger partial charge in [-0.1, -0.05) is 18.2 Å². The lowest BCUT2D eigenvalue weighted by molar-refractivity contribution is 0.0955. The molecular formula is C16H12FN3O. The number of hydrazone groups is 1. The first-order valence-corrected chi connectivity index (χ1v) is 6.39. The molecule has 0 saturated heterocycles. The minimum atomic E-state index is -0.383. The van der Waals surface area contributed by atoms with Crippen molar-refractivity contribution in [3.8, 4) is 0 Å². The van der Waals surface area contributed by atoms with Crippen molar-refractivity contribution in [1.29, 1.82) is 0 Å². The lowest BCUT2D eigenvalue weighted by atomic mass is 10.2. The number of amides is 1.